The highest BCUT2D eigenvalue weighted by Gasteiger charge is 2.33. The summed E-state index contributed by atoms with van der Waals surface area (Å²) in [4.78, 5) is 23.9. The molecule has 1 aliphatic rings. The average Bonchev–Trinajstić information content (AvgIpc) is 2.87. The van der Waals surface area contributed by atoms with Gasteiger partial charge in [-0.2, -0.15) is 0 Å². The van der Waals surface area contributed by atoms with Gasteiger partial charge in [0.2, 0.25) is 5.82 Å². The molecule has 25 heavy (non-hydrogen) atoms. The normalized spacial score (nSPS) is 16.1. The molecular weight excluding hydrogens is 347 g/mol. The molecular formula is C17H9F5O3. The zero-order valence-electron chi connectivity index (χ0n) is 12.6. The molecule has 2 aromatic carbocycles. The Morgan fingerprint density at radius 3 is 2.16 bits per heavy atom. The molecule has 130 valence electrons. The number of carbonyl (C=O) groups is 2. The van der Waals surface area contributed by atoms with E-state index in [1.54, 1.807) is 6.92 Å². The van der Waals surface area contributed by atoms with Crippen LogP contribution >= 0.6 is 0 Å². The highest BCUT2D eigenvalue weighted by Crippen LogP contribution is 2.34. The molecule has 1 aliphatic carbocycles. The van der Waals surface area contributed by atoms with Crippen molar-refractivity contribution in [1.29, 1.82) is 0 Å². The summed E-state index contributed by atoms with van der Waals surface area (Å²) in [5.41, 5.74) is -1.06. The lowest BCUT2D eigenvalue weighted by Crippen LogP contribution is -2.18. The monoisotopic (exact) mass is 356 g/mol. The van der Waals surface area contributed by atoms with Crippen molar-refractivity contribution in [2.24, 2.45) is 5.92 Å². The standard InChI is InChI=1S/C17H9F5O3/c1-6-5-8-7(16(6)23)3-2-4-9(8)25-17(24)10-11(18)13(20)15(22)14(21)12(10)19/h2-4,6H,5H2,1H3. The molecule has 0 saturated carbocycles. The number of ether oxygens (including phenoxy) is 1. The average molecular weight is 356 g/mol. The van der Waals surface area contributed by atoms with Gasteiger partial charge in [-0.25, -0.2) is 26.7 Å². The van der Waals surface area contributed by atoms with Gasteiger partial charge in [-0.3, -0.25) is 4.79 Å². The van der Waals surface area contributed by atoms with Gasteiger partial charge in [0.1, 0.15) is 11.3 Å². The molecule has 1 atom stereocenters. The van der Waals surface area contributed by atoms with Crippen LogP contribution in [0, 0.1) is 35.0 Å². The number of ketones is 1. The Bertz CT molecular complexity index is 894. The van der Waals surface area contributed by atoms with E-state index in [2.05, 4.69) is 0 Å². The van der Waals surface area contributed by atoms with Crippen molar-refractivity contribution in [1.82, 2.24) is 0 Å². The predicted molar refractivity (Wildman–Crippen MR) is 74.8 cm³/mol. The van der Waals surface area contributed by atoms with E-state index >= 15 is 0 Å². The quantitative estimate of drug-likeness (QED) is 0.269. The molecule has 2 aromatic rings. The van der Waals surface area contributed by atoms with Gasteiger partial charge in [-0.05, 0) is 12.5 Å². The number of halogens is 5. The van der Waals surface area contributed by atoms with E-state index in [9.17, 15) is 31.5 Å². The third-order valence-corrected chi connectivity index (χ3v) is 3.97. The number of Topliss-reactive ketones (excluding diaryl/α,β-unsaturated/α-hetero) is 1. The molecule has 0 aliphatic heterocycles. The maximum absolute atomic E-state index is 13.7. The van der Waals surface area contributed by atoms with Crippen LogP contribution in [-0.4, -0.2) is 11.8 Å². The zero-order valence-corrected chi connectivity index (χ0v) is 12.6. The second-order valence-corrected chi connectivity index (χ2v) is 5.59. The van der Waals surface area contributed by atoms with Crippen LogP contribution in [0.15, 0.2) is 18.2 Å². The summed E-state index contributed by atoms with van der Waals surface area (Å²) in [7, 11) is 0. The minimum Gasteiger partial charge on any atom is -0.422 e. The first-order valence-electron chi connectivity index (χ1n) is 7.13. The van der Waals surface area contributed by atoms with Crippen molar-refractivity contribution in [3.8, 4) is 5.75 Å². The van der Waals surface area contributed by atoms with Crippen molar-refractivity contribution >= 4 is 11.8 Å². The smallest absolute Gasteiger partial charge is 0.349 e. The number of carbonyl (C=O) groups excluding carboxylic acids is 2. The van der Waals surface area contributed by atoms with Gasteiger partial charge in [-0.1, -0.05) is 19.1 Å². The van der Waals surface area contributed by atoms with E-state index in [4.69, 9.17) is 4.74 Å². The first-order valence-corrected chi connectivity index (χ1v) is 7.13. The van der Waals surface area contributed by atoms with Gasteiger partial charge in [0.15, 0.2) is 29.1 Å². The van der Waals surface area contributed by atoms with Gasteiger partial charge in [0.25, 0.3) is 0 Å². The minimum atomic E-state index is -2.37. The first-order chi connectivity index (χ1) is 11.7. The zero-order chi connectivity index (χ0) is 18.5. The Hall–Kier alpha value is -2.77. The number of esters is 1. The summed E-state index contributed by atoms with van der Waals surface area (Å²) < 4.78 is 71.6. The largest absolute Gasteiger partial charge is 0.422 e. The van der Waals surface area contributed by atoms with Crippen molar-refractivity contribution in [3.63, 3.8) is 0 Å². The van der Waals surface area contributed by atoms with Crippen LogP contribution in [0.2, 0.25) is 0 Å². The van der Waals surface area contributed by atoms with Gasteiger partial charge in [-0.15, -0.1) is 0 Å². The Balaban J connectivity index is 2.03. The highest BCUT2D eigenvalue weighted by molar-refractivity contribution is 6.03. The van der Waals surface area contributed by atoms with Crippen LogP contribution in [0.1, 0.15) is 33.2 Å². The lowest BCUT2D eigenvalue weighted by atomic mass is 10.1. The molecule has 0 fully saturated rings. The summed E-state index contributed by atoms with van der Waals surface area (Å²) in [6.45, 7) is 1.65. The summed E-state index contributed by atoms with van der Waals surface area (Å²) in [6.07, 6.45) is 0.231. The molecule has 8 heteroatoms. The van der Waals surface area contributed by atoms with E-state index in [1.807, 2.05) is 0 Å². The summed E-state index contributed by atoms with van der Waals surface area (Å²) in [5, 5.41) is 0. The van der Waals surface area contributed by atoms with Crippen LogP contribution in [-0.2, 0) is 6.42 Å². The number of fused-ring (bicyclic) bond motifs is 1. The molecule has 1 unspecified atom stereocenters. The summed E-state index contributed by atoms with van der Waals surface area (Å²) in [6, 6.07) is 4.15. The van der Waals surface area contributed by atoms with E-state index in [0.29, 0.717) is 5.56 Å². The molecule has 0 aromatic heterocycles. The van der Waals surface area contributed by atoms with E-state index in [1.165, 1.54) is 18.2 Å². The van der Waals surface area contributed by atoms with Crippen LogP contribution in [0.4, 0.5) is 22.0 Å². The minimum absolute atomic E-state index is 0.163. The van der Waals surface area contributed by atoms with Crippen molar-refractivity contribution in [2.75, 3.05) is 0 Å². The summed E-state index contributed by atoms with van der Waals surface area (Å²) >= 11 is 0. The van der Waals surface area contributed by atoms with E-state index in [-0.39, 0.29) is 29.4 Å². The van der Waals surface area contributed by atoms with Gasteiger partial charge >= 0.3 is 5.97 Å². The van der Waals surface area contributed by atoms with Crippen molar-refractivity contribution in [2.45, 2.75) is 13.3 Å². The fraction of sp³-hybridized carbons (Fsp3) is 0.176. The number of hydrogen-bond acceptors (Lipinski definition) is 3. The Morgan fingerprint density at radius 2 is 1.56 bits per heavy atom. The second kappa shape index (κ2) is 5.94. The predicted octanol–water partition coefficient (Wildman–Crippen LogP) is 3.98. The van der Waals surface area contributed by atoms with E-state index in [0.717, 1.165) is 0 Å². The number of rotatable bonds is 2. The molecule has 3 nitrogen and oxygen atoms in total. The lowest BCUT2D eigenvalue weighted by molar-refractivity contribution is 0.0719. The number of benzene rings is 2. The molecule has 0 heterocycles. The maximum Gasteiger partial charge on any atom is 0.349 e. The SMILES string of the molecule is CC1Cc2c(OC(=O)c3c(F)c(F)c(F)c(F)c3F)cccc2C1=O. The van der Waals surface area contributed by atoms with Gasteiger partial charge in [0, 0.05) is 17.0 Å². The molecule has 0 radical (unpaired) electrons. The van der Waals surface area contributed by atoms with Crippen LogP contribution in [0.5, 0.6) is 5.75 Å². The van der Waals surface area contributed by atoms with Crippen LogP contribution in [0.3, 0.4) is 0 Å². The van der Waals surface area contributed by atoms with Crippen LogP contribution in [0.25, 0.3) is 0 Å². The van der Waals surface area contributed by atoms with Crippen LogP contribution < -0.4 is 4.74 Å². The lowest BCUT2D eigenvalue weighted by Gasteiger charge is -2.11. The summed E-state index contributed by atoms with van der Waals surface area (Å²) in [5.74, 6) is -13.9. The van der Waals surface area contributed by atoms with E-state index < -0.39 is 40.6 Å². The molecule has 0 N–H and O–H groups in total. The third-order valence-electron chi connectivity index (χ3n) is 3.97. The Morgan fingerprint density at radius 1 is 1.00 bits per heavy atom. The molecule has 0 amide bonds. The molecule has 0 spiro atoms. The highest BCUT2D eigenvalue weighted by atomic mass is 19.2. The topological polar surface area (TPSA) is 43.4 Å². The Kier molecular flexibility index (Phi) is 4.06. The maximum atomic E-state index is 13.7. The van der Waals surface area contributed by atoms with Gasteiger partial charge < -0.3 is 4.74 Å². The van der Waals surface area contributed by atoms with Crippen molar-refractivity contribution in [3.05, 3.63) is 64.0 Å². The number of hydrogen-bond donors (Lipinski definition) is 0. The van der Waals surface area contributed by atoms with Crippen molar-refractivity contribution < 1.29 is 36.3 Å². The fourth-order valence-electron chi connectivity index (χ4n) is 2.70. The molecule has 3 rings (SSSR count). The second-order valence-electron chi connectivity index (χ2n) is 5.59. The Labute approximate surface area is 138 Å². The van der Waals surface area contributed by atoms with Gasteiger partial charge in [0.05, 0.1) is 0 Å². The fourth-order valence-corrected chi connectivity index (χ4v) is 2.70. The molecule has 0 bridgehead atoms. The first kappa shape index (κ1) is 17.1. The third kappa shape index (κ3) is 2.57. The molecule has 0 saturated heterocycles.